The standard InChI is InChI=1S/C24H28N2O6S/c1-4-15-26(16-5-2)33(29,30)18-13-11-17(12-14-18)23(27)25-21-19-9-7-8-10-20(19)32-22(21)24(28)31-6-3/h7-14H,4-6,15-16H2,1-3H3,(H,25,27). The monoisotopic (exact) mass is 472 g/mol. The van der Waals surface area contributed by atoms with E-state index in [0.717, 1.165) is 0 Å². The van der Waals surface area contributed by atoms with E-state index in [1.165, 1.54) is 28.6 Å². The number of nitrogens with zero attached hydrogens (tertiary/aromatic N) is 1. The largest absolute Gasteiger partial charge is 0.460 e. The molecule has 0 aliphatic heterocycles. The van der Waals surface area contributed by atoms with Gasteiger partial charge in [0.2, 0.25) is 15.8 Å². The summed E-state index contributed by atoms with van der Waals surface area (Å²) in [5, 5.41) is 3.28. The van der Waals surface area contributed by atoms with Crippen LogP contribution in [0.1, 0.15) is 54.5 Å². The summed E-state index contributed by atoms with van der Waals surface area (Å²) >= 11 is 0. The van der Waals surface area contributed by atoms with Crippen molar-refractivity contribution in [2.24, 2.45) is 0 Å². The van der Waals surface area contributed by atoms with Crippen molar-refractivity contribution in [2.75, 3.05) is 25.0 Å². The second-order valence-electron chi connectivity index (χ2n) is 7.41. The number of benzene rings is 2. The van der Waals surface area contributed by atoms with Crippen LogP contribution in [0.15, 0.2) is 57.8 Å². The van der Waals surface area contributed by atoms with Crippen molar-refractivity contribution in [3.05, 3.63) is 59.9 Å². The lowest BCUT2D eigenvalue weighted by Crippen LogP contribution is -2.32. The Morgan fingerprint density at radius 1 is 0.970 bits per heavy atom. The highest BCUT2D eigenvalue weighted by Crippen LogP contribution is 2.32. The molecule has 176 valence electrons. The number of ether oxygens (including phenoxy) is 1. The molecule has 0 fully saturated rings. The third-order valence-electron chi connectivity index (χ3n) is 5.00. The molecular formula is C24H28N2O6S. The first-order valence-electron chi connectivity index (χ1n) is 10.9. The van der Waals surface area contributed by atoms with Crippen LogP contribution in [0.25, 0.3) is 11.0 Å². The molecular weight excluding hydrogens is 444 g/mol. The summed E-state index contributed by atoms with van der Waals surface area (Å²) < 4.78 is 38.0. The van der Waals surface area contributed by atoms with E-state index in [2.05, 4.69) is 5.32 Å². The second-order valence-corrected chi connectivity index (χ2v) is 9.34. The maximum Gasteiger partial charge on any atom is 0.376 e. The van der Waals surface area contributed by atoms with Crippen LogP contribution in [-0.2, 0) is 14.8 Å². The number of hydrogen-bond donors (Lipinski definition) is 1. The lowest BCUT2D eigenvalue weighted by atomic mass is 10.2. The van der Waals surface area contributed by atoms with Gasteiger partial charge in [0.15, 0.2) is 0 Å². The summed E-state index contributed by atoms with van der Waals surface area (Å²) in [6.45, 7) is 6.56. The average Bonchev–Trinajstić information content (AvgIpc) is 3.17. The first-order valence-corrected chi connectivity index (χ1v) is 12.4. The van der Waals surface area contributed by atoms with Crippen LogP contribution in [0, 0.1) is 0 Å². The number of furan rings is 1. The minimum Gasteiger partial charge on any atom is -0.460 e. The van der Waals surface area contributed by atoms with Crippen LogP contribution < -0.4 is 5.32 Å². The predicted octanol–water partition coefficient (Wildman–Crippen LogP) is 4.67. The quantitative estimate of drug-likeness (QED) is 0.430. The van der Waals surface area contributed by atoms with Gasteiger partial charge in [-0.3, -0.25) is 4.79 Å². The Morgan fingerprint density at radius 3 is 2.21 bits per heavy atom. The fourth-order valence-corrected chi connectivity index (χ4v) is 5.10. The van der Waals surface area contributed by atoms with Gasteiger partial charge in [0, 0.05) is 24.0 Å². The van der Waals surface area contributed by atoms with E-state index in [0.29, 0.717) is 36.9 Å². The van der Waals surface area contributed by atoms with Crippen LogP contribution in [0.5, 0.6) is 0 Å². The molecule has 33 heavy (non-hydrogen) atoms. The van der Waals surface area contributed by atoms with Crippen LogP contribution >= 0.6 is 0 Å². The Bertz CT molecular complexity index is 1230. The van der Waals surface area contributed by atoms with E-state index in [-0.39, 0.29) is 28.5 Å². The molecule has 0 radical (unpaired) electrons. The van der Waals surface area contributed by atoms with E-state index in [1.54, 1.807) is 31.2 Å². The summed E-state index contributed by atoms with van der Waals surface area (Å²) in [6.07, 6.45) is 1.42. The minimum atomic E-state index is -3.65. The number of carbonyl (C=O) groups is 2. The van der Waals surface area contributed by atoms with Crippen LogP contribution in [-0.4, -0.2) is 44.3 Å². The maximum atomic E-state index is 12.9. The normalized spacial score (nSPS) is 11.6. The molecule has 0 atom stereocenters. The zero-order valence-corrected chi connectivity index (χ0v) is 19.8. The predicted molar refractivity (Wildman–Crippen MR) is 126 cm³/mol. The summed E-state index contributed by atoms with van der Waals surface area (Å²) in [5.74, 6) is -1.28. The van der Waals surface area contributed by atoms with Gasteiger partial charge >= 0.3 is 5.97 Å². The summed E-state index contributed by atoms with van der Waals surface area (Å²) in [4.78, 5) is 25.4. The fraction of sp³-hybridized carbons (Fsp3) is 0.333. The van der Waals surface area contributed by atoms with Crippen molar-refractivity contribution in [1.29, 1.82) is 0 Å². The van der Waals surface area contributed by atoms with Gasteiger partial charge in [-0.15, -0.1) is 0 Å². The number of hydrogen-bond acceptors (Lipinski definition) is 6. The van der Waals surface area contributed by atoms with Gasteiger partial charge in [0.25, 0.3) is 5.91 Å². The maximum absolute atomic E-state index is 12.9. The zero-order valence-electron chi connectivity index (χ0n) is 19.0. The van der Waals surface area contributed by atoms with Crippen molar-refractivity contribution < 1.29 is 27.2 Å². The average molecular weight is 473 g/mol. The molecule has 8 nitrogen and oxygen atoms in total. The summed E-state index contributed by atoms with van der Waals surface area (Å²) in [5.41, 5.74) is 0.888. The molecule has 2 aromatic carbocycles. The third-order valence-corrected chi connectivity index (χ3v) is 6.91. The molecule has 3 rings (SSSR count). The molecule has 0 unspecified atom stereocenters. The number of carbonyl (C=O) groups excluding carboxylic acids is 2. The molecule has 0 saturated heterocycles. The molecule has 0 aliphatic rings. The lowest BCUT2D eigenvalue weighted by Gasteiger charge is -2.21. The molecule has 3 aromatic rings. The first kappa shape index (κ1) is 24.5. The SMILES string of the molecule is CCCN(CCC)S(=O)(=O)c1ccc(C(=O)Nc2c(C(=O)OCC)oc3ccccc23)cc1. The van der Waals surface area contributed by atoms with E-state index >= 15 is 0 Å². The highest BCUT2D eigenvalue weighted by Gasteiger charge is 2.25. The molecule has 1 amide bonds. The third kappa shape index (κ3) is 5.26. The van der Waals surface area contributed by atoms with Crippen molar-refractivity contribution in [3.8, 4) is 0 Å². The van der Waals surface area contributed by atoms with Crippen molar-refractivity contribution in [1.82, 2.24) is 4.31 Å². The summed E-state index contributed by atoms with van der Waals surface area (Å²) in [6, 6.07) is 12.7. The van der Waals surface area contributed by atoms with Gasteiger partial charge in [-0.05, 0) is 56.2 Å². The minimum absolute atomic E-state index is 0.0969. The Hall–Kier alpha value is -3.17. The van der Waals surface area contributed by atoms with Gasteiger partial charge in [-0.1, -0.05) is 26.0 Å². The number of rotatable bonds is 10. The van der Waals surface area contributed by atoms with Crippen molar-refractivity contribution >= 4 is 38.6 Å². The molecule has 9 heteroatoms. The van der Waals surface area contributed by atoms with Gasteiger partial charge in [-0.2, -0.15) is 4.31 Å². The van der Waals surface area contributed by atoms with Gasteiger partial charge in [-0.25, -0.2) is 13.2 Å². The zero-order chi connectivity index (χ0) is 24.0. The molecule has 1 aromatic heterocycles. The molecule has 1 N–H and O–H groups in total. The first-order chi connectivity index (χ1) is 15.8. The number of para-hydroxylation sites is 1. The number of anilines is 1. The van der Waals surface area contributed by atoms with Crippen molar-refractivity contribution in [3.63, 3.8) is 0 Å². The van der Waals surface area contributed by atoms with Gasteiger partial charge in [0.1, 0.15) is 11.3 Å². The van der Waals surface area contributed by atoms with Gasteiger partial charge < -0.3 is 14.5 Å². The number of esters is 1. The number of sulfonamides is 1. The topological polar surface area (TPSA) is 106 Å². The Kier molecular flexibility index (Phi) is 7.88. The Morgan fingerprint density at radius 2 is 1.61 bits per heavy atom. The second kappa shape index (κ2) is 10.6. The smallest absolute Gasteiger partial charge is 0.376 e. The van der Waals surface area contributed by atoms with E-state index in [1.807, 2.05) is 13.8 Å². The molecule has 0 bridgehead atoms. The fourth-order valence-electron chi connectivity index (χ4n) is 3.47. The Labute approximate surface area is 193 Å². The van der Waals surface area contributed by atoms with E-state index in [9.17, 15) is 18.0 Å². The summed E-state index contributed by atoms with van der Waals surface area (Å²) in [7, 11) is -3.65. The van der Waals surface area contributed by atoms with E-state index < -0.39 is 21.9 Å². The van der Waals surface area contributed by atoms with Crippen LogP contribution in [0.3, 0.4) is 0 Å². The van der Waals surface area contributed by atoms with Crippen LogP contribution in [0.2, 0.25) is 0 Å². The van der Waals surface area contributed by atoms with Crippen LogP contribution in [0.4, 0.5) is 5.69 Å². The lowest BCUT2D eigenvalue weighted by molar-refractivity contribution is 0.0494. The number of amides is 1. The highest BCUT2D eigenvalue weighted by atomic mass is 32.2. The molecule has 1 heterocycles. The molecule has 0 saturated carbocycles. The van der Waals surface area contributed by atoms with Crippen molar-refractivity contribution in [2.45, 2.75) is 38.5 Å². The highest BCUT2D eigenvalue weighted by molar-refractivity contribution is 7.89. The molecule has 0 spiro atoms. The number of nitrogens with one attached hydrogen (secondary N) is 1. The molecule has 0 aliphatic carbocycles. The van der Waals surface area contributed by atoms with Gasteiger partial charge in [0.05, 0.1) is 11.5 Å². The Balaban J connectivity index is 1.88. The number of fused-ring (bicyclic) bond motifs is 1. The van der Waals surface area contributed by atoms with E-state index in [4.69, 9.17) is 9.15 Å².